The van der Waals surface area contributed by atoms with Crippen LogP contribution in [0.5, 0.6) is 11.5 Å². The molecule has 2 aromatic carbocycles. The first-order valence-electron chi connectivity index (χ1n) is 8.39. The molecule has 2 N–H and O–H groups in total. The van der Waals surface area contributed by atoms with Gasteiger partial charge in [0.1, 0.15) is 5.69 Å². The van der Waals surface area contributed by atoms with Gasteiger partial charge < -0.3 is 20.1 Å². The zero-order valence-electron chi connectivity index (χ0n) is 15.4. The van der Waals surface area contributed by atoms with Crippen molar-refractivity contribution in [3.8, 4) is 17.6 Å². The number of carbonyl (C=O) groups excluding carboxylic acids is 1. The van der Waals surface area contributed by atoms with Gasteiger partial charge in [-0.25, -0.2) is 0 Å². The number of hydrogen-bond donors (Lipinski definition) is 2. The third-order valence-corrected chi connectivity index (χ3v) is 3.94. The third-order valence-electron chi connectivity index (χ3n) is 3.94. The van der Waals surface area contributed by atoms with Gasteiger partial charge in [0.15, 0.2) is 11.5 Å². The summed E-state index contributed by atoms with van der Waals surface area (Å²) in [4.78, 5) is 16.6. The van der Waals surface area contributed by atoms with E-state index in [9.17, 15) is 4.79 Å². The Morgan fingerprint density at radius 2 is 1.61 bits per heavy atom. The summed E-state index contributed by atoms with van der Waals surface area (Å²) in [6.45, 7) is 0. The summed E-state index contributed by atoms with van der Waals surface area (Å²) < 4.78 is 10.5. The lowest BCUT2D eigenvalue weighted by molar-refractivity contribution is 0.102. The maximum atomic E-state index is 12.5. The summed E-state index contributed by atoms with van der Waals surface area (Å²) in [7, 11) is 3.15. The van der Waals surface area contributed by atoms with Gasteiger partial charge in [0, 0.05) is 29.3 Å². The first kappa shape index (κ1) is 18.7. The molecule has 1 amide bonds. The number of anilines is 3. The minimum Gasteiger partial charge on any atom is -0.493 e. The number of aromatic nitrogens is 1. The van der Waals surface area contributed by atoms with Crippen LogP contribution in [0.3, 0.4) is 0 Å². The molecule has 3 aromatic rings. The van der Waals surface area contributed by atoms with Crippen molar-refractivity contribution < 1.29 is 14.3 Å². The smallest absolute Gasteiger partial charge is 0.274 e. The van der Waals surface area contributed by atoms with Crippen LogP contribution in [0.4, 0.5) is 17.1 Å². The van der Waals surface area contributed by atoms with Crippen LogP contribution < -0.4 is 20.1 Å². The topological polar surface area (TPSA) is 96.3 Å². The highest BCUT2D eigenvalue weighted by Gasteiger charge is 2.10. The average molecular weight is 374 g/mol. The predicted octanol–water partition coefficient (Wildman–Crippen LogP) is 3.97. The molecule has 0 aliphatic rings. The molecule has 140 valence electrons. The second-order valence-corrected chi connectivity index (χ2v) is 5.77. The molecule has 0 unspecified atom stereocenters. The van der Waals surface area contributed by atoms with Gasteiger partial charge in [-0.05, 0) is 48.5 Å². The fourth-order valence-corrected chi connectivity index (χ4v) is 2.54. The number of nitrogens with one attached hydrogen (secondary N) is 2. The third kappa shape index (κ3) is 4.37. The average Bonchev–Trinajstić information content (AvgIpc) is 2.74. The van der Waals surface area contributed by atoms with Crippen molar-refractivity contribution in [1.82, 2.24) is 4.98 Å². The van der Waals surface area contributed by atoms with Gasteiger partial charge in [-0.2, -0.15) is 5.26 Å². The molecule has 28 heavy (non-hydrogen) atoms. The lowest BCUT2D eigenvalue weighted by Gasteiger charge is -2.12. The van der Waals surface area contributed by atoms with Crippen molar-refractivity contribution in [3.63, 3.8) is 0 Å². The highest BCUT2D eigenvalue weighted by atomic mass is 16.5. The maximum absolute atomic E-state index is 12.5. The van der Waals surface area contributed by atoms with Gasteiger partial charge in [0.05, 0.1) is 25.9 Å². The molecule has 0 bridgehead atoms. The number of nitrogens with zero attached hydrogens (tertiary/aromatic N) is 2. The molecule has 0 aliphatic heterocycles. The van der Waals surface area contributed by atoms with Crippen LogP contribution in [-0.4, -0.2) is 25.1 Å². The van der Waals surface area contributed by atoms with E-state index in [1.807, 2.05) is 12.1 Å². The largest absolute Gasteiger partial charge is 0.493 e. The number of benzene rings is 2. The van der Waals surface area contributed by atoms with E-state index in [4.69, 9.17) is 14.7 Å². The molecule has 0 saturated carbocycles. The van der Waals surface area contributed by atoms with E-state index in [0.29, 0.717) is 28.4 Å². The standard InChI is InChI=1S/C21H18N4O3/c1-27-19-8-7-16(12-20(19)28-2)24-17-9-10-23-18(11-17)21(26)25-15-5-3-14(13-22)4-6-15/h3-12H,1-2H3,(H,23,24)(H,25,26). The van der Waals surface area contributed by atoms with E-state index in [1.54, 1.807) is 68.9 Å². The predicted molar refractivity (Wildman–Crippen MR) is 106 cm³/mol. The van der Waals surface area contributed by atoms with Crippen molar-refractivity contribution in [2.75, 3.05) is 24.9 Å². The molecule has 7 heteroatoms. The Bertz CT molecular complexity index is 1030. The van der Waals surface area contributed by atoms with Crippen molar-refractivity contribution in [3.05, 3.63) is 72.1 Å². The maximum Gasteiger partial charge on any atom is 0.274 e. The van der Waals surface area contributed by atoms with Gasteiger partial charge >= 0.3 is 0 Å². The normalized spacial score (nSPS) is 9.89. The number of amides is 1. The van der Waals surface area contributed by atoms with Gasteiger partial charge in [-0.1, -0.05) is 0 Å². The first-order valence-corrected chi connectivity index (χ1v) is 8.39. The zero-order chi connectivity index (χ0) is 19.9. The summed E-state index contributed by atoms with van der Waals surface area (Å²) in [5, 5.41) is 14.8. The Morgan fingerprint density at radius 3 is 2.29 bits per heavy atom. The molecular weight excluding hydrogens is 356 g/mol. The van der Waals surface area contributed by atoms with E-state index in [0.717, 1.165) is 5.69 Å². The highest BCUT2D eigenvalue weighted by Crippen LogP contribution is 2.31. The quantitative estimate of drug-likeness (QED) is 0.678. The van der Waals surface area contributed by atoms with Crippen LogP contribution in [0.2, 0.25) is 0 Å². The number of methoxy groups -OCH3 is 2. The molecule has 0 spiro atoms. The molecule has 0 fully saturated rings. The molecule has 1 aromatic heterocycles. The second kappa shape index (κ2) is 8.56. The van der Waals surface area contributed by atoms with Crippen LogP contribution in [0.1, 0.15) is 16.1 Å². The Hall–Kier alpha value is -4.05. The molecule has 0 atom stereocenters. The summed E-state index contributed by atoms with van der Waals surface area (Å²) in [6, 6.07) is 17.5. The summed E-state index contributed by atoms with van der Waals surface area (Å²) in [5.74, 6) is 0.881. The van der Waals surface area contributed by atoms with Gasteiger partial charge in [0.2, 0.25) is 0 Å². The van der Waals surface area contributed by atoms with E-state index >= 15 is 0 Å². The summed E-state index contributed by atoms with van der Waals surface area (Å²) >= 11 is 0. The van der Waals surface area contributed by atoms with Gasteiger partial charge in [-0.15, -0.1) is 0 Å². The fourth-order valence-electron chi connectivity index (χ4n) is 2.54. The Kier molecular flexibility index (Phi) is 5.72. The SMILES string of the molecule is COc1ccc(Nc2ccnc(C(=O)Nc3ccc(C#N)cc3)c2)cc1OC. The molecule has 7 nitrogen and oxygen atoms in total. The summed E-state index contributed by atoms with van der Waals surface area (Å²) in [5.41, 5.74) is 2.85. The van der Waals surface area contributed by atoms with Crippen LogP contribution in [0.15, 0.2) is 60.8 Å². The minimum absolute atomic E-state index is 0.259. The molecule has 0 aliphatic carbocycles. The van der Waals surface area contributed by atoms with Crippen molar-refractivity contribution >= 4 is 23.0 Å². The fraction of sp³-hybridized carbons (Fsp3) is 0.0952. The number of ether oxygens (including phenoxy) is 2. The number of hydrogen-bond acceptors (Lipinski definition) is 6. The lowest BCUT2D eigenvalue weighted by atomic mass is 10.2. The molecule has 3 rings (SSSR count). The highest BCUT2D eigenvalue weighted by molar-refractivity contribution is 6.03. The van der Waals surface area contributed by atoms with Crippen LogP contribution >= 0.6 is 0 Å². The number of carbonyl (C=O) groups is 1. The van der Waals surface area contributed by atoms with Crippen LogP contribution in [-0.2, 0) is 0 Å². The van der Waals surface area contributed by atoms with Crippen molar-refractivity contribution in [2.45, 2.75) is 0 Å². The van der Waals surface area contributed by atoms with E-state index in [1.165, 1.54) is 0 Å². The molecule has 0 radical (unpaired) electrons. The Morgan fingerprint density at radius 1 is 0.929 bits per heavy atom. The minimum atomic E-state index is -0.347. The molecular formula is C21H18N4O3. The zero-order valence-corrected chi connectivity index (χ0v) is 15.4. The second-order valence-electron chi connectivity index (χ2n) is 5.77. The molecule has 0 saturated heterocycles. The first-order chi connectivity index (χ1) is 13.6. The van der Waals surface area contributed by atoms with Crippen LogP contribution in [0, 0.1) is 11.3 Å². The number of rotatable bonds is 6. The molecule has 1 heterocycles. The Balaban J connectivity index is 1.74. The van der Waals surface area contributed by atoms with E-state index in [-0.39, 0.29) is 11.6 Å². The van der Waals surface area contributed by atoms with E-state index < -0.39 is 0 Å². The van der Waals surface area contributed by atoms with Gasteiger partial charge in [-0.3, -0.25) is 9.78 Å². The monoisotopic (exact) mass is 374 g/mol. The van der Waals surface area contributed by atoms with Crippen molar-refractivity contribution in [2.24, 2.45) is 0 Å². The number of pyridine rings is 1. The number of nitriles is 1. The van der Waals surface area contributed by atoms with E-state index in [2.05, 4.69) is 15.6 Å². The van der Waals surface area contributed by atoms with Gasteiger partial charge in [0.25, 0.3) is 5.91 Å². The van der Waals surface area contributed by atoms with Crippen LogP contribution in [0.25, 0.3) is 0 Å². The lowest BCUT2D eigenvalue weighted by Crippen LogP contribution is -2.13. The van der Waals surface area contributed by atoms with Crippen molar-refractivity contribution in [1.29, 1.82) is 5.26 Å². The summed E-state index contributed by atoms with van der Waals surface area (Å²) in [6.07, 6.45) is 1.55. The Labute approximate surface area is 162 Å².